The molecule has 0 aromatic heterocycles. The van der Waals surface area contributed by atoms with Crippen LogP contribution >= 0.6 is 11.6 Å². The van der Waals surface area contributed by atoms with Gasteiger partial charge < -0.3 is 15.5 Å². The summed E-state index contributed by atoms with van der Waals surface area (Å²) in [6.45, 7) is 6.74. The third-order valence-electron chi connectivity index (χ3n) is 5.78. The van der Waals surface area contributed by atoms with Gasteiger partial charge >= 0.3 is 0 Å². The SMILES string of the molecule is Cc1ccc(Cl)c(Nc2cc3c4c(c2)[C@H]2CNC[C@H]2CN4CC3)c1. The van der Waals surface area contributed by atoms with E-state index in [0.717, 1.165) is 36.1 Å². The van der Waals surface area contributed by atoms with E-state index >= 15 is 0 Å². The van der Waals surface area contributed by atoms with Gasteiger partial charge in [-0.1, -0.05) is 17.7 Å². The monoisotopic (exact) mass is 339 g/mol. The summed E-state index contributed by atoms with van der Waals surface area (Å²) in [6, 6.07) is 10.8. The van der Waals surface area contributed by atoms with Crippen molar-refractivity contribution in [2.75, 3.05) is 36.4 Å². The van der Waals surface area contributed by atoms with Gasteiger partial charge in [0.05, 0.1) is 10.7 Å². The highest BCUT2D eigenvalue weighted by atomic mass is 35.5. The summed E-state index contributed by atoms with van der Waals surface area (Å²) in [4.78, 5) is 2.60. The van der Waals surface area contributed by atoms with Gasteiger partial charge in [-0.3, -0.25) is 0 Å². The van der Waals surface area contributed by atoms with E-state index in [2.05, 4.69) is 40.7 Å². The standard InChI is InChI=1S/C20H22ClN3/c1-12-2-3-18(21)19(6-12)23-15-7-13-4-5-24-11-14-9-22-10-17(14)16(8-15)20(13)24/h2-3,6-8,14,17,22-23H,4-5,9-11H2,1H3/t14-,17-/m0/s1. The number of halogens is 1. The Labute approximate surface area is 148 Å². The molecule has 0 saturated carbocycles. The number of anilines is 3. The number of nitrogens with one attached hydrogen (secondary N) is 2. The van der Waals surface area contributed by atoms with E-state index in [4.69, 9.17) is 11.6 Å². The smallest absolute Gasteiger partial charge is 0.0641 e. The number of hydrogen-bond acceptors (Lipinski definition) is 3. The van der Waals surface area contributed by atoms with Gasteiger partial charge in [0, 0.05) is 43.5 Å². The Balaban J connectivity index is 1.57. The molecule has 0 bridgehead atoms. The fourth-order valence-corrected chi connectivity index (χ4v) is 4.83. The molecule has 3 aliphatic heterocycles. The third-order valence-corrected chi connectivity index (χ3v) is 6.11. The van der Waals surface area contributed by atoms with Gasteiger partial charge in [-0.2, -0.15) is 0 Å². The number of rotatable bonds is 2. The van der Waals surface area contributed by atoms with Crippen LogP contribution in [0.5, 0.6) is 0 Å². The number of nitrogens with zero attached hydrogens (tertiary/aromatic N) is 1. The molecule has 5 rings (SSSR count). The molecular weight excluding hydrogens is 318 g/mol. The van der Waals surface area contributed by atoms with Crippen LogP contribution in [-0.2, 0) is 6.42 Å². The highest BCUT2D eigenvalue weighted by Gasteiger charge is 2.39. The van der Waals surface area contributed by atoms with Crippen molar-refractivity contribution in [2.24, 2.45) is 5.92 Å². The third kappa shape index (κ3) is 2.22. The molecule has 1 fully saturated rings. The minimum atomic E-state index is 0.655. The van der Waals surface area contributed by atoms with E-state index < -0.39 is 0 Å². The summed E-state index contributed by atoms with van der Waals surface area (Å²) < 4.78 is 0. The van der Waals surface area contributed by atoms with Gasteiger partial charge in [0.2, 0.25) is 0 Å². The Morgan fingerprint density at radius 2 is 2.12 bits per heavy atom. The molecule has 24 heavy (non-hydrogen) atoms. The van der Waals surface area contributed by atoms with Crippen LogP contribution in [0.1, 0.15) is 22.6 Å². The lowest BCUT2D eigenvalue weighted by molar-refractivity contribution is 0.491. The molecule has 124 valence electrons. The van der Waals surface area contributed by atoms with E-state index in [-0.39, 0.29) is 0 Å². The molecule has 0 aliphatic carbocycles. The molecule has 2 N–H and O–H groups in total. The molecule has 2 aromatic carbocycles. The molecule has 0 spiro atoms. The van der Waals surface area contributed by atoms with Gasteiger partial charge in [-0.15, -0.1) is 0 Å². The molecule has 3 nitrogen and oxygen atoms in total. The van der Waals surface area contributed by atoms with Crippen molar-refractivity contribution >= 4 is 28.7 Å². The number of fused-ring (bicyclic) bond motifs is 2. The minimum absolute atomic E-state index is 0.655. The van der Waals surface area contributed by atoms with E-state index in [1.807, 2.05) is 12.1 Å². The minimum Gasteiger partial charge on any atom is -0.370 e. The fourth-order valence-electron chi connectivity index (χ4n) is 4.66. The van der Waals surface area contributed by atoms with Crippen molar-refractivity contribution < 1.29 is 0 Å². The highest BCUT2D eigenvalue weighted by molar-refractivity contribution is 6.33. The van der Waals surface area contributed by atoms with E-state index in [1.165, 1.54) is 41.2 Å². The Morgan fingerprint density at radius 3 is 3.04 bits per heavy atom. The maximum Gasteiger partial charge on any atom is 0.0641 e. The average molecular weight is 340 g/mol. The first kappa shape index (κ1) is 14.6. The van der Waals surface area contributed by atoms with E-state index in [0.29, 0.717) is 5.92 Å². The van der Waals surface area contributed by atoms with Gasteiger partial charge in [0.1, 0.15) is 0 Å². The molecule has 4 heteroatoms. The lowest BCUT2D eigenvalue weighted by Crippen LogP contribution is -2.35. The summed E-state index contributed by atoms with van der Waals surface area (Å²) in [5.74, 6) is 1.41. The van der Waals surface area contributed by atoms with Crippen molar-refractivity contribution in [1.82, 2.24) is 5.32 Å². The molecule has 3 heterocycles. The lowest BCUT2D eigenvalue weighted by atomic mass is 9.83. The average Bonchev–Trinajstić information content (AvgIpc) is 3.19. The summed E-state index contributed by atoms with van der Waals surface area (Å²) in [5, 5.41) is 7.93. The molecule has 1 saturated heterocycles. The Hall–Kier alpha value is -1.71. The Bertz CT molecular complexity index is 817. The van der Waals surface area contributed by atoms with Crippen molar-refractivity contribution in [3.05, 3.63) is 52.0 Å². The first-order valence-electron chi connectivity index (χ1n) is 8.85. The van der Waals surface area contributed by atoms with Crippen LogP contribution in [-0.4, -0.2) is 26.2 Å². The van der Waals surface area contributed by atoms with Crippen molar-refractivity contribution in [3.63, 3.8) is 0 Å². The molecule has 3 aliphatic rings. The fraction of sp³-hybridized carbons (Fsp3) is 0.400. The van der Waals surface area contributed by atoms with Gasteiger partial charge in [0.25, 0.3) is 0 Å². The van der Waals surface area contributed by atoms with Crippen LogP contribution in [0.4, 0.5) is 17.1 Å². The normalized spacial score (nSPS) is 24.0. The molecule has 0 amide bonds. The van der Waals surface area contributed by atoms with Crippen molar-refractivity contribution in [1.29, 1.82) is 0 Å². The summed E-state index contributed by atoms with van der Waals surface area (Å²) in [6.07, 6.45) is 1.16. The molecule has 0 unspecified atom stereocenters. The van der Waals surface area contributed by atoms with Crippen molar-refractivity contribution in [2.45, 2.75) is 19.3 Å². The van der Waals surface area contributed by atoms with Crippen molar-refractivity contribution in [3.8, 4) is 0 Å². The topological polar surface area (TPSA) is 27.3 Å². The Morgan fingerprint density at radius 1 is 1.21 bits per heavy atom. The van der Waals surface area contributed by atoms with Crippen LogP contribution < -0.4 is 15.5 Å². The van der Waals surface area contributed by atoms with Gasteiger partial charge in [0.15, 0.2) is 0 Å². The first-order valence-corrected chi connectivity index (χ1v) is 9.22. The van der Waals surface area contributed by atoms with Gasteiger partial charge in [-0.05, 0) is 60.2 Å². The van der Waals surface area contributed by atoms with E-state index in [9.17, 15) is 0 Å². The first-order chi connectivity index (χ1) is 11.7. The molecule has 2 atom stereocenters. The predicted octanol–water partition coefficient (Wildman–Crippen LogP) is 4.07. The van der Waals surface area contributed by atoms with E-state index in [1.54, 1.807) is 0 Å². The Kier molecular flexibility index (Phi) is 3.29. The highest BCUT2D eigenvalue weighted by Crippen LogP contribution is 2.46. The lowest BCUT2D eigenvalue weighted by Gasteiger charge is -2.35. The summed E-state index contributed by atoms with van der Waals surface area (Å²) >= 11 is 6.38. The second kappa shape index (κ2) is 5.40. The van der Waals surface area contributed by atoms with Crippen LogP contribution in [0.3, 0.4) is 0 Å². The van der Waals surface area contributed by atoms with Crippen LogP contribution in [0.2, 0.25) is 5.02 Å². The van der Waals surface area contributed by atoms with Crippen LogP contribution in [0.15, 0.2) is 30.3 Å². The number of aryl methyl sites for hydroxylation is 1. The maximum atomic E-state index is 6.38. The predicted molar refractivity (Wildman–Crippen MR) is 101 cm³/mol. The summed E-state index contributed by atoms with van der Waals surface area (Å²) in [7, 11) is 0. The number of hydrogen-bond donors (Lipinski definition) is 2. The maximum absolute atomic E-state index is 6.38. The molecular formula is C20H22ClN3. The molecule has 2 aromatic rings. The van der Waals surface area contributed by atoms with Gasteiger partial charge in [-0.25, -0.2) is 0 Å². The molecule has 0 radical (unpaired) electrons. The van der Waals surface area contributed by atoms with Crippen LogP contribution in [0.25, 0.3) is 0 Å². The second-order valence-corrected chi connectivity index (χ2v) is 7.81. The summed E-state index contributed by atoms with van der Waals surface area (Å²) in [5.41, 5.74) is 7.92. The zero-order valence-corrected chi connectivity index (χ0v) is 14.7. The second-order valence-electron chi connectivity index (χ2n) is 7.40. The quantitative estimate of drug-likeness (QED) is 0.863. The zero-order chi connectivity index (χ0) is 16.3. The van der Waals surface area contributed by atoms with Crippen LogP contribution in [0, 0.1) is 12.8 Å². The number of benzene rings is 2. The largest absolute Gasteiger partial charge is 0.370 e. The zero-order valence-electron chi connectivity index (χ0n) is 13.9.